The maximum absolute atomic E-state index is 6.55. The Morgan fingerprint density at radius 2 is 0.826 bits per heavy atom. The van der Waals surface area contributed by atoms with Crippen molar-refractivity contribution in [2.75, 3.05) is 38.0 Å². The maximum atomic E-state index is 6.55. The van der Waals surface area contributed by atoms with Gasteiger partial charge < -0.3 is 18.6 Å². The second kappa shape index (κ2) is 12.0. The summed E-state index contributed by atoms with van der Waals surface area (Å²) in [5.74, 6) is 14.2. The molecule has 0 unspecified atom stereocenters. The van der Waals surface area contributed by atoms with Gasteiger partial charge >= 0.3 is 0 Å². The van der Waals surface area contributed by atoms with Gasteiger partial charge in [-0.15, -0.1) is 0 Å². The highest BCUT2D eigenvalue weighted by molar-refractivity contribution is 6.04. The second-order valence-electron chi connectivity index (χ2n) is 11.3. The van der Waals surface area contributed by atoms with Crippen molar-refractivity contribution in [2.24, 2.45) is 0 Å². The van der Waals surface area contributed by atoms with Crippen LogP contribution in [0.15, 0.2) is 118 Å². The molecule has 0 fully saturated rings. The third kappa shape index (κ3) is 5.56. The Morgan fingerprint density at radius 3 is 1.17 bits per heavy atom. The van der Waals surface area contributed by atoms with E-state index in [0.717, 1.165) is 33.6 Å². The highest BCUT2D eigenvalue weighted by Gasteiger charge is 2.24. The van der Waals surface area contributed by atoms with Crippen molar-refractivity contribution in [3.8, 4) is 46.6 Å². The van der Waals surface area contributed by atoms with Crippen LogP contribution < -0.4 is 9.80 Å². The normalized spacial score (nSPS) is 10.7. The van der Waals surface area contributed by atoms with Crippen molar-refractivity contribution in [3.05, 3.63) is 131 Å². The van der Waals surface area contributed by atoms with E-state index in [2.05, 4.69) is 33.5 Å². The highest BCUT2D eigenvalue weighted by Crippen LogP contribution is 2.37. The standard InChI is InChI=1S/C40H30N4O2/c1-43(2)31-21-17-29(18-22-31)39-41-35-33(25-15-27-11-7-5-8-12-27)38-36(34(37(35)45-39)26-16-28-13-9-6-10-14-28)42-40(46-38)30-19-23-32(24-20-30)44(3)4/h5-14,17-24H,1-4H3. The van der Waals surface area contributed by atoms with Crippen LogP contribution >= 0.6 is 0 Å². The van der Waals surface area contributed by atoms with Crippen LogP contribution in [0.3, 0.4) is 0 Å². The van der Waals surface area contributed by atoms with Gasteiger partial charge in [-0.1, -0.05) is 60.1 Å². The summed E-state index contributed by atoms with van der Waals surface area (Å²) in [6.45, 7) is 0. The van der Waals surface area contributed by atoms with Crippen molar-refractivity contribution < 1.29 is 8.83 Å². The van der Waals surface area contributed by atoms with Gasteiger partial charge in [0.15, 0.2) is 11.2 Å². The van der Waals surface area contributed by atoms with E-state index in [9.17, 15) is 0 Å². The van der Waals surface area contributed by atoms with E-state index >= 15 is 0 Å². The minimum atomic E-state index is 0.470. The SMILES string of the molecule is CN(C)c1ccc(-c2nc3c(C#Cc4ccccc4)c4oc(-c5ccc(N(C)C)cc5)nc4c(C#Cc4ccccc4)c3o2)cc1. The lowest BCUT2D eigenvalue weighted by Gasteiger charge is -2.11. The van der Waals surface area contributed by atoms with Gasteiger partial charge in [-0.2, -0.15) is 0 Å². The van der Waals surface area contributed by atoms with Crippen LogP contribution in [0.1, 0.15) is 22.3 Å². The predicted molar refractivity (Wildman–Crippen MR) is 186 cm³/mol. The number of oxazole rings is 2. The predicted octanol–water partition coefficient (Wildman–Crippen LogP) is 8.23. The van der Waals surface area contributed by atoms with Crippen molar-refractivity contribution >= 4 is 33.6 Å². The van der Waals surface area contributed by atoms with Crippen molar-refractivity contribution in [2.45, 2.75) is 0 Å². The first kappa shape index (κ1) is 28.5. The topological polar surface area (TPSA) is 58.5 Å². The summed E-state index contributed by atoms with van der Waals surface area (Å²) in [7, 11) is 8.04. The smallest absolute Gasteiger partial charge is 0.227 e. The largest absolute Gasteiger partial charge is 0.435 e. The van der Waals surface area contributed by atoms with E-state index in [1.54, 1.807) is 0 Å². The molecule has 6 nitrogen and oxygen atoms in total. The molecular weight excluding hydrogens is 568 g/mol. The van der Waals surface area contributed by atoms with Crippen molar-refractivity contribution in [3.63, 3.8) is 0 Å². The van der Waals surface area contributed by atoms with E-state index in [-0.39, 0.29) is 0 Å². The Morgan fingerprint density at radius 1 is 0.457 bits per heavy atom. The lowest BCUT2D eigenvalue weighted by atomic mass is 10.1. The number of fused-ring (bicyclic) bond motifs is 2. The third-order valence-electron chi connectivity index (χ3n) is 7.65. The first-order valence-electron chi connectivity index (χ1n) is 14.9. The molecule has 0 amide bonds. The van der Waals surface area contributed by atoms with Crippen LogP contribution in [-0.4, -0.2) is 38.2 Å². The number of rotatable bonds is 4. The zero-order chi connectivity index (χ0) is 31.6. The first-order chi connectivity index (χ1) is 22.4. The number of nitrogens with zero attached hydrogens (tertiary/aromatic N) is 4. The van der Waals surface area contributed by atoms with Crippen LogP contribution in [-0.2, 0) is 0 Å². The van der Waals surface area contributed by atoms with Crippen LogP contribution in [0.4, 0.5) is 11.4 Å². The molecule has 0 atom stereocenters. The summed E-state index contributed by atoms with van der Waals surface area (Å²) in [6, 6.07) is 35.9. The van der Waals surface area contributed by atoms with Gasteiger partial charge in [-0.25, -0.2) is 9.97 Å². The minimum absolute atomic E-state index is 0.470. The highest BCUT2D eigenvalue weighted by atomic mass is 16.4. The lowest BCUT2D eigenvalue weighted by Crippen LogP contribution is -2.07. The van der Waals surface area contributed by atoms with Gasteiger partial charge in [0, 0.05) is 61.8 Å². The van der Waals surface area contributed by atoms with Crippen molar-refractivity contribution in [1.29, 1.82) is 0 Å². The van der Waals surface area contributed by atoms with Gasteiger partial charge in [0.1, 0.15) is 11.0 Å². The molecule has 0 N–H and O–H groups in total. The van der Waals surface area contributed by atoms with Gasteiger partial charge in [-0.3, -0.25) is 0 Å². The summed E-state index contributed by atoms with van der Waals surface area (Å²) in [6.07, 6.45) is 0. The summed E-state index contributed by atoms with van der Waals surface area (Å²) < 4.78 is 13.1. The molecule has 5 aromatic carbocycles. The number of benzene rings is 5. The molecule has 6 heteroatoms. The molecule has 0 saturated carbocycles. The minimum Gasteiger partial charge on any atom is -0.435 e. The van der Waals surface area contributed by atoms with Crippen molar-refractivity contribution in [1.82, 2.24) is 9.97 Å². The van der Waals surface area contributed by atoms with Gasteiger partial charge in [0.05, 0.1) is 11.1 Å². The number of anilines is 2. The van der Waals surface area contributed by atoms with Crippen LogP contribution in [0.5, 0.6) is 0 Å². The molecule has 222 valence electrons. The third-order valence-corrected chi connectivity index (χ3v) is 7.65. The zero-order valence-corrected chi connectivity index (χ0v) is 26.0. The lowest BCUT2D eigenvalue weighted by molar-refractivity contribution is 0.617. The summed E-state index contributed by atoms with van der Waals surface area (Å²) >= 11 is 0. The summed E-state index contributed by atoms with van der Waals surface area (Å²) in [4.78, 5) is 14.1. The Hall–Kier alpha value is -6.24. The number of aromatic nitrogens is 2. The Bertz CT molecular complexity index is 2070. The fourth-order valence-corrected chi connectivity index (χ4v) is 5.13. The number of hydrogen-bond acceptors (Lipinski definition) is 6. The fourth-order valence-electron chi connectivity index (χ4n) is 5.13. The zero-order valence-electron chi connectivity index (χ0n) is 26.0. The average Bonchev–Trinajstić information content (AvgIpc) is 3.73. The van der Waals surface area contributed by atoms with E-state index < -0.39 is 0 Å². The first-order valence-corrected chi connectivity index (χ1v) is 14.9. The average molecular weight is 599 g/mol. The molecule has 0 aliphatic carbocycles. The molecule has 7 rings (SSSR count). The van der Waals surface area contributed by atoms with Gasteiger partial charge in [0.25, 0.3) is 0 Å². The Labute approximate surface area is 267 Å². The molecule has 0 aliphatic rings. The molecule has 0 spiro atoms. The monoisotopic (exact) mass is 598 g/mol. The molecule has 2 aromatic heterocycles. The van der Waals surface area contributed by atoms with E-state index in [1.807, 2.05) is 137 Å². The summed E-state index contributed by atoms with van der Waals surface area (Å²) in [5, 5.41) is 0. The fraction of sp³-hybridized carbons (Fsp3) is 0.100. The van der Waals surface area contributed by atoms with Crippen LogP contribution in [0, 0.1) is 23.7 Å². The second-order valence-corrected chi connectivity index (χ2v) is 11.3. The van der Waals surface area contributed by atoms with Gasteiger partial charge in [0.2, 0.25) is 11.8 Å². The molecule has 46 heavy (non-hydrogen) atoms. The Kier molecular flexibility index (Phi) is 7.46. The quantitative estimate of drug-likeness (QED) is 0.190. The molecule has 0 radical (unpaired) electrons. The maximum Gasteiger partial charge on any atom is 0.227 e. The molecule has 7 aromatic rings. The molecule has 0 aliphatic heterocycles. The van der Waals surface area contributed by atoms with Crippen LogP contribution in [0.25, 0.3) is 45.1 Å². The molecule has 0 bridgehead atoms. The Balaban J connectivity index is 1.50. The van der Waals surface area contributed by atoms with E-state index in [4.69, 9.17) is 18.8 Å². The number of hydrogen-bond donors (Lipinski definition) is 0. The summed E-state index contributed by atoms with van der Waals surface area (Å²) in [5.41, 5.74) is 8.98. The molecular formula is C40H30N4O2. The van der Waals surface area contributed by atoms with Crippen LogP contribution in [0.2, 0.25) is 0 Å². The molecule has 0 saturated heterocycles. The van der Waals surface area contributed by atoms with Gasteiger partial charge in [-0.05, 0) is 72.8 Å². The molecule has 2 heterocycles. The van der Waals surface area contributed by atoms with E-state index in [1.165, 1.54) is 0 Å². The van der Waals surface area contributed by atoms with E-state index in [0.29, 0.717) is 45.1 Å².